The van der Waals surface area contributed by atoms with E-state index in [-0.39, 0.29) is 19.2 Å². The van der Waals surface area contributed by atoms with Gasteiger partial charge >= 0.3 is 0 Å². The predicted molar refractivity (Wildman–Crippen MR) is 97.4 cm³/mol. The zero-order chi connectivity index (χ0) is 17.6. The maximum atomic E-state index is 11.9. The summed E-state index contributed by atoms with van der Waals surface area (Å²) in [5.74, 6) is 1.43. The van der Waals surface area contributed by atoms with Crippen molar-refractivity contribution in [2.24, 2.45) is 0 Å². The molecule has 25 heavy (non-hydrogen) atoms. The smallest absolute Gasteiger partial charge is 0.233 e. The van der Waals surface area contributed by atoms with Crippen LogP contribution >= 0.6 is 23.2 Å². The van der Waals surface area contributed by atoms with Gasteiger partial charge in [-0.1, -0.05) is 35.3 Å². The number of hydrogen-bond acceptors (Lipinski definition) is 4. The maximum Gasteiger partial charge on any atom is 0.233 e. The summed E-state index contributed by atoms with van der Waals surface area (Å²) in [5.41, 5.74) is 1.99. The van der Waals surface area contributed by atoms with Gasteiger partial charge in [-0.15, -0.1) is 0 Å². The van der Waals surface area contributed by atoms with Crippen LogP contribution in [0.15, 0.2) is 36.4 Å². The highest BCUT2D eigenvalue weighted by Crippen LogP contribution is 2.32. The minimum Gasteiger partial charge on any atom is -0.454 e. The Morgan fingerprint density at radius 1 is 1.08 bits per heavy atom. The molecule has 2 aromatic rings. The molecule has 1 amide bonds. The number of halogens is 2. The number of fused-ring (bicyclic) bond motifs is 1. The van der Waals surface area contributed by atoms with Gasteiger partial charge in [0.1, 0.15) is 0 Å². The Hall–Kier alpha value is -1.95. The third kappa shape index (κ3) is 5.01. The Kier molecular flexibility index (Phi) is 6.02. The zero-order valence-electron chi connectivity index (χ0n) is 13.5. The van der Waals surface area contributed by atoms with Crippen LogP contribution in [0.5, 0.6) is 11.5 Å². The van der Waals surface area contributed by atoms with Gasteiger partial charge in [0.2, 0.25) is 12.7 Å². The summed E-state index contributed by atoms with van der Waals surface area (Å²) in [6.07, 6.45) is 0.657. The highest BCUT2D eigenvalue weighted by Gasteiger charge is 2.13. The molecular weight excluding hydrogens is 363 g/mol. The topological polar surface area (TPSA) is 59.6 Å². The highest BCUT2D eigenvalue weighted by atomic mass is 35.5. The lowest BCUT2D eigenvalue weighted by Gasteiger charge is -2.08. The Morgan fingerprint density at radius 2 is 1.92 bits per heavy atom. The van der Waals surface area contributed by atoms with Gasteiger partial charge in [0.05, 0.1) is 6.54 Å². The van der Waals surface area contributed by atoms with Crippen molar-refractivity contribution in [3.63, 3.8) is 0 Å². The largest absolute Gasteiger partial charge is 0.454 e. The van der Waals surface area contributed by atoms with Crippen LogP contribution in [0.2, 0.25) is 10.0 Å². The van der Waals surface area contributed by atoms with Crippen molar-refractivity contribution in [3.8, 4) is 11.5 Å². The number of carbonyl (C=O) groups excluding carboxylic acids is 1. The SMILES string of the molecule is O=C(CNCc1ccc2c(c1)OCO2)NCCc1ccc(Cl)cc1Cl. The van der Waals surface area contributed by atoms with E-state index in [2.05, 4.69) is 10.6 Å². The van der Waals surface area contributed by atoms with Crippen LogP contribution in [0.3, 0.4) is 0 Å². The van der Waals surface area contributed by atoms with Gasteiger partial charge in [-0.25, -0.2) is 0 Å². The molecule has 3 rings (SSSR count). The molecule has 0 saturated carbocycles. The molecular formula is C18H18Cl2N2O3. The van der Waals surface area contributed by atoms with E-state index in [0.29, 0.717) is 29.6 Å². The second kappa shape index (κ2) is 8.43. The van der Waals surface area contributed by atoms with Crippen molar-refractivity contribution >= 4 is 29.1 Å². The van der Waals surface area contributed by atoms with Crippen molar-refractivity contribution < 1.29 is 14.3 Å². The first-order valence-corrected chi connectivity index (χ1v) is 8.67. The number of rotatable bonds is 7. The standard InChI is InChI=1S/C18H18Cl2N2O3/c19-14-3-2-13(15(20)8-14)5-6-22-18(23)10-21-9-12-1-4-16-17(7-12)25-11-24-16/h1-4,7-8,21H,5-6,9-11H2,(H,22,23). The van der Waals surface area contributed by atoms with Crippen molar-refractivity contribution in [2.45, 2.75) is 13.0 Å². The van der Waals surface area contributed by atoms with Crippen LogP contribution in [0.1, 0.15) is 11.1 Å². The van der Waals surface area contributed by atoms with E-state index in [9.17, 15) is 4.79 Å². The van der Waals surface area contributed by atoms with Crippen molar-refractivity contribution in [3.05, 3.63) is 57.6 Å². The molecule has 0 saturated heterocycles. The van der Waals surface area contributed by atoms with E-state index in [4.69, 9.17) is 32.7 Å². The van der Waals surface area contributed by atoms with E-state index in [1.165, 1.54) is 0 Å². The summed E-state index contributed by atoms with van der Waals surface area (Å²) in [6.45, 7) is 1.59. The van der Waals surface area contributed by atoms with E-state index < -0.39 is 0 Å². The minimum absolute atomic E-state index is 0.0640. The van der Waals surface area contributed by atoms with Crippen molar-refractivity contribution in [1.29, 1.82) is 0 Å². The second-order valence-electron chi connectivity index (χ2n) is 5.63. The van der Waals surface area contributed by atoms with Gasteiger partial charge < -0.3 is 20.1 Å². The van der Waals surface area contributed by atoms with Crippen molar-refractivity contribution in [1.82, 2.24) is 10.6 Å². The fraction of sp³-hybridized carbons (Fsp3) is 0.278. The molecule has 1 aliphatic heterocycles. The highest BCUT2D eigenvalue weighted by molar-refractivity contribution is 6.35. The molecule has 2 aromatic carbocycles. The van der Waals surface area contributed by atoms with Crippen LogP contribution in [0.4, 0.5) is 0 Å². The lowest BCUT2D eigenvalue weighted by Crippen LogP contribution is -2.34. The summed E-state index contributed by atoms with van der Waals surface area (Å²) in [6, 6.07) is 11.1. The average molecular weight is 381 g/mol. The number of benzene rings is 2. The molecule has 0 aliphatic carbocycles. The summed E-state index contributed by atoms with van der Waals surface area (Å²) >= 11 is 12.0. The molecule has 0 fully saturated rings. The van der Waals surface area contributed by atoms with Gasteiger partial charge in [-0.05, 0) is 41.8 Å². The molecule has 0 spiro atoms. The molecule has 1 aliphatic rings. The van der Waals surface area contributed by atoms with E-state index in [1.807, 2.05) is 24.3 Å². The first kappa shape index (κ1) is 17.9. The lowest BCUT2D eigenvalue weighted by atomic mass is 10.1. The number of ether oxygens (including phenoxy) is 2. The zero-order valence-corrected chi connectivity index (χ0v) is 15.0. The first-order chi connectivity index (χ1) is 12.1. The first-order valence-electron chi connectivity index (χ1n) is 7.92. The molecule has 0 atom stereocenters. The molecule has 0 aromatic heterocycles. The number of amides is 1. The fourth-order valence-corrected chi connectivity index (χ4v) is 3.00. The molecule has 0 radical (unpaired) electrons. The van der Waals surface area contributed by atoms with Gasteiger partial charge in [0.25, 0.3) is 0 Å². The molecule has 132 valence electrons. The van der Waals surface area contributed by atoms with Crippen LogP contribution in [0, 0.1) is 0 Å². The second-order valence-corrected chi connectivity index (χ2v) is 6.47. The number of nitrogens with one attached hydrogen (secondary N) is 2. The van der Waals surface area contributed by atoms with Crippen molar-refractivity contribution in [2.75, 3.05) is 19.9 Å². The van der Waals surface area contributed by atoms with Crippen LogP contribution in [-0.4, -0.2) is 25.8 Å². The van der Waals surface area contributed by atoms with Crippen LogP contribution < -0.4 is 20.1 Å². The normalized spacial score (nSPS) is 12.2. The van der Waals surface area contributed by atoms with Gasteiger partial charge in [-0.2, -0.15) is 0 Å². The third-order valence-electron chi connectivity index (χ3n) is 3.78. The summed E-state index contributed by atoms with van der Waals surface area (Å²) in [5, 5.41) is 7.19. The van der Waals surface area contributed by atoms with Gasteiger partial charge in [0, 0.05) is 23.1 Å². The van der Waals surface area contributed by atoms with Gasteiger partial charge in [-0.3, -0.25) is 4.79 Å². The lowest BCUT2D eigenvalue weighted by molar-refractivity contribution is -0.120. The van der Waals surface area contributed by atoms with E-state index in [0.717, 1.165) is 22.6 Å². The molecule has 2 N–H and O–H groups in total. The Labute approximate surface area is 156 Å². The van der Waals surface area contributed by atoms with Gasteiger partial charge in [0.15, 0.2) is 11.5 Å². The summed E-state index contributed by atoms with van der Waals surface area (Å²) in [7, 11) is 0. The third-order valence-corrected chi connectivity index (χ3v) is 4.37. The quantitative estimate of drug-likeness (QED) is 0.774. The molecule has 1 heterocycles. The predicted octanol–water partition coefficient (Wildman–Crippen LogP) is 3.17. The Bertz CT molecular complexity index is 768. The average Bonchev–Trinajstić information content (AvgIpc) is 3.04. The minimum atomic E-state index is -0.0640. The molecule has 7 heteroatoms. The maximum absolute atomic E-state index is 11.9. The monoisotopic (exact) mass is 380 g/mol. The fourth-order valence-electron chi connectivity index (χ4n) is 2.49. The molecule has 0 bridgehead atoms. The van der Waals surface area contributed by atoms with E-state index in [1.54, 1.807) is 12.1 Å². The Morgan fingerprint density at radius 3 is 2.76 bits per heavy atom. The molecule has 0 unspecified atom stereocenters. The molecule has 5 nitrogen and oxygen atoms in total. The number of hydrogen-bond donors (Lipinski definition) is 2. The van der Waals surface area contributed by atoms with Crippen LogP contribution in [-0.2, 0) is 17.8 Å². The van der Waals surface area contributed by atoms with Crippen LogP contribution in [0.25, 0.3) is 0 Å². The summed E-state index contributed by atoms with van der Waals surface area (Å²) in [4.78, 5) is 11.9. The Balaban J connectivity index is 1.37. The number of carbonyl (C=O) groups is 1. The van der Waals surface area contributed by atoms with E-state index >= 15 is 0 Å². The summed E-state index contributed by atoms with van der Waals surface area (Å²) < 4.78 is 10.6.